The fraction of sp³-hybridized carbons (Fsp3) is 0.278. The molecule has 28 heavy (non-hydrogen) atoms. The molecule has 2 aromatic rings. The zero-order valence-electron chi connectivity index (χ0n) is 14.6. The molecule has 148 valence electrons. The molecule has 1 fully saturated rings. The van der Waals surface area contributed by atoms with E-state index in [1.165, 1.54) is 17.2 Å². The fourth-order valence-corrected chi connectivity index (χ4v) is 3.96. The highest BCUT2D eigenvalue weighted by molar-refractivity contribution is 9.11. The molecule has 1 saturated heterocycles. The van der Waals surface area contributed by atoms with Crippen LogP contribution >= 0.6 is 31.9 Å². The molecule has 1 aromatic heterocycles. The maximum Gasteiger partial charge on any atom is 0.342 e. The molecule has 2 amide bonds. The molecule has 1 aliphatic heterocycles. The summed E-state index contributed by atoms with van der Waals surface area (Å²) in [7, 11) is 0. The molecule has 0 saturated carbocycles. The van der Waals surface area contributed by atoms with Crippen LogP contribution in [-0.4, -0.2) is 65.5 Å². The van der Waals surface area contributed by atoms with E-state index < -0.39 is 12.6 Å². The molecule has 1 N–H and O–H groups in total. The first-order valence-corrected chi connectivity index (χ1v) is 9.91. The monoisotopic (exact) mass is 514 g/mol. The van der Waals surface area contributed by atoms with Gasteiger partial charge in [0.25, 0.3) is 11.8 Å². The van der Waals surface area contributed by atoms with E-state index in [1.807, 2.05) is 0 Å². The van der Waals surface area contributed by atoms with Gasteiger partial charge in [-0.05, 0) is 40.2 Å². The number of hydrogen-bond donors (Lipinski definition) is 1. The molecular formula is C18H16Br2N2O6. The van der Waals surface area contributed by atoms with Crippen LogP contribution in [-0.2, 0) is 9.53 Å². The number of aromatic hydroxyl groups is 1. The smallest absolute Gasteiger partial charge is 0.342 e. The van der Waals surface area contributed by atoms with Crippen LogP contribution in [0.4, 0.5) is 0 Å². The highest BCUT2D eigenvalue weighted by Crippen LogP contribution is 2.32. The van der Waals surface area contributed by atoms with Crippen molar-refractivity contribution in [2.24, 2.45) is 0 Å². The minimum absolute atomic E-state index is 0.0529. The number of hydrogen-bond acceptors (Lipinski definition) is 6. The van der Waals surface area contributed by atoms with Crippen molar-refractivity contribution in [3.05, 3.63) is 50.8 Å². The van der Waals surface area contributed by atoms with Gasteiger partial charge in [-0.3, -0.25) is 9.59 Å². The quantitative estimate of drug-likeness (QED) is 0.628. The predicted molar refractivity (Wildman–Crippen MR) is 105 cm³/mol. The Kier molecular flexibility index (Phi) is 6.40. The Morgan fingerprint density at radius 2 is 1.79 bits per heavy atom. The lowest BCUT2D eigenvalue weighted by molar-refractivity contribution is -0.136. The summed E-state index contributed by atoms with van der Waals surface area (Å²) in [4.78, 5) is 39.8. The van der Waals surface area contributed by atoms with Crippen molar-refractivity contribution in [3.8, 4) is 5.75 Å². The second-order valence-electron chi connectivity index (χ2n) is 6.01. The van der Waals surface area contributed by atoms with Crippen LogP contribution in [0.1, 0.15) is 20.9 Å². The summed E-state index contributed by atoms with van der Waals surface area (Å²) in [5.41, 5.74) is -0.0529. The van der Waals surface area contributed by atoms with Gasteiger partial charge in [0.15, 0.2) is 12.4 Å². The van der Waals surface area contributed by atoms with E-state index in [0.717, 1.165) is 0 Å². The number of amides is 2. The van der Waals surface area contributed by atoms with E-state index >= 15 is 0 Å². The molecule has 3 rings (SSSR count). The maximum absolute atomic E-state index is 12.3. The zero-order valence-corrected chi connectivity index (χ0v) is 17.7. The molecule has 0 atom stereocenters. The minimum atomic E-state index is -0.806. The van der Waals surface area contributed by atoms with Crippen LogP contribution in [0.15, 0.2) is 43.9 Å². The lowest BCUT2D eigenvalue weighted by atomic mass is 10.2. The standard InChI is InChI=1S/C18H16Br2N2O6/c19-11-8-12(16(24)13(20)9-11)18(26)28-10-15(23)21-3-5-22(6-4-21)17(25)14-2-1-7-27-14/h1-2,7-9,24H,3-6,10H2. The Hall–Kier alpha value is -2.33. The van der Waals surface area contributed by atoms with Crippen molar-refractivity contribution in [2.45, 2.75) is 0 Å². The van der Waals surface area contributed by atoms with Crippen molar-refractivity contribution in [1.82, 2.24) is 9.80 Å². The molecule has 8 nitrogen and oxygen atoms in total. The lowest BCUT2D eigenvalue weighted by Gasteiger charge is -2.34. The number of nitrogens with zero attached hydrogens (tertiary/aromatic N) is 2. The van der Waals surface area contributed by atoms with Gasteiger partial charge in [-0.2, -0.15) is 0 Å². The van der Waals surface area contributed by atoms with Gasteiger partial charge in [0, 0.05) is 30.7 Å². The molecule has 0 aliphatic carbocycles. The minimum Gasteiger partial charge on any atom is -0.506 e. The lowest BCUT2D eigenvalue weighted by Crippen LogP contribution is -2.51. The number of benzene rings is 1. The normalized spacial score (nSPS) is 14.1. The van der Waals surface area contributed by atoms with Crippen molar-refractivity contribution in [2.75, 3.05) is 32.8 Å². The number of ether oxygens (including phenoxy) is 1. The van der Waals surface area contributed by atoms with Gasteiger partial charge in [0.2, 0.25) is 0 Å². The molecule has 0 unspecified atom stereocenters. The number of rotatable bonds is 4. The first-order chi connectivity index (χ1) is 13.4. The second kappa shape index (κ2) is 8.78. The Morgan fingerprint density at radius 1 is 1.11 bits per heavy atom. The van der Waals surface area contributed by atoms with Crippen molar-refractivity contribution >= 4 is 49.6 Å². The van der Waals surface area contributed by atoms with E-state index in [0.29, 0.717) is 35.1 Å². The third kappa shape index (κ3) is 4.56. The zero-order chi connectivity index (χ0) is 20.3. The van der Waals surface area contributed by atoms with Gasteiger partial charge in [-0.15, -0.1) is 0 Å². The van der Waals surface area contributed by atoms with Gasteiger partial charge in [0.1, 0.15) is 11.3 Å². The average Bonchev–Trinajstić information content (AvgIpc) is 3.23. The molecule has 0 bridgehead atoms. The molecule has 0 radical (unpaired) electrons. The van der Waals surface area contributed by atoms with Crippen LogP contribution < -0.4 is 0 Å². The summed E-state index contributed by atoms with van der Waals surface area (Å²) < 4.78 is 11.0. The molecule has 1 aromatic carbocycles. The first-order valence-electron chi connectivity index (χ1n) is 8.32. The van der Waals surface area contributed by atoms with Crippen LogP contribution in [0.25, 0.3) is 0 Å². The largest absolute Gasteiger partial charge is 0.506 e. The van der Waals surface area contributed by atoms with Crippen LogP contribution in [0.3, 0.4) is 0 Å². The number of esters is 1. The summed E-state index contributed by atoms with van der Waals surface area (Å²) in [5.74, 6) is -1.40. The summed E-state index contributed by atoms with van der Waals surface area (Å²) in [6, 6.07) is 6.23. The van der Waals surface area contributed by atoms with Gasteiger partial charge in [-0.25, -0.2) is 4.79 Å². The summed E-state index contributed by atoms with van der Waals surface area (Å²) in [6.45, 7) is 0.929. The second-order valence-corrected chi connectivity index (χ2v) is 7.78. The van der Waals surface area contributed by atoms with Crippen molar-refractivity contribution < 1.29 is 28.6 Å². The summed E-state index contributed by atoms with van der Waals surface area (Å²) >= 11 is 6.36. The number of piperazine rings is 1. The third-order valence-electron chi connectivity index (χ3n) is 4.23. The average molecular weight is 516 g/mol. The Balaban J connectivity index is 1.51. The van der Waals surface area contributed by atoms with Crippen molar-refractivity contribution in [1.29, 1.82) is 0 Å². The highest BCUT2D eigenvalue weighted by Gasteiger charge is 2.27. The Labute approximate surface area is 177 Å². The van der Waals surface area contributed by atoms with E-state index in [-0.39, 0.29) is 28.9 Å². The molecule has 2 heterocycles. The van der Waals surface area contributed by atoms with Crippen LogP contribution in [0, 0.1) is 0 Å². The van der Waals surface area contributed by atoms with Gasteiger partial charge >= 0.3 is 5.97 Å². The van der Waals surface area contributed by atoms with Gasteiger partial charge in [0.05, 0.1) is 10.7 Å². The Morgan fingerprint density at radius 3 is 2.43 bits per heavy atom. The third-order valence-corrected chi connectivity index (χ3v) is 5.29. The maximum atomic E-state index is 12.3. The molecule has 1 aliphatic rings. The van der Waals surface area contributed by atoms with Gasteiger partial charge in [-0.1, -0.05) is 15.9 Å². The van der Waals surface area contributed by atoms with Crippen LogP contribution in [0.5, 0.6) is 5.75 Å². The van der Waals surface area contributed by atoms with E-state index in [9.17, 15) is 19.5 Å². The molecule has 0 spiro atoms. The number of phenols is 1. The number of carbonyl (C=O) groups excluding carboxylic acids is 3. The molecular weight excluding hydrogens is 500 g/mol. The van der Waals surface area contributed by atoms with Crippen molar-refractivity contribution in [3.63, 3.8) is 0 Å². The number of furan rings is 1. The fourth-order valence-electron chi connectivity index (χ4n) is 2.73. The first kappa shape index (κ1) is 20.4. The summed E-state index contributed by atoms with van der Waals surface area (Å²) in [5, 5.41) is 9.96. The van der Waals surface area contributed by atoms with E-state index in [2.05, 4.69) is 31.9 Å². The molecule has 10 heteroatoms. The van der Waals surface area contributed by atoms with Gasteiger partial charge < -0.3 is 24.1 Å². The predicted octanol–water partition coefficient (Wildman–Crippen LogP) is 2.65. The summed E-state index contributed by atoms with van der Waals surface area (Å²) in [6.07, 6.45) is 1.43. The SMILES string of the molecule is O=C(OCC(=O)N1CCN(C(=O)c2ccco2)CC1)c1cc(Br)cc(Br)c1O. The topological polar surface area (TPSA) is 100 Å². The number of carbonyl (C=O) groups is 3. The van der Waals surface area contributed by atoms with Crippen LogP contribution in [0.2, 0.25) is 0 Å². The van der Waals surface area contributed by atoms with E-state index in [1.54, 1.807) is 23.1 Å². The van der Waals surface area contributed by atoms with E-state index in [4.69, 9.17) is 9.15 Å². The number of phenolic OH excluding ortho intramolecular Hbond substituents is 1. The highest BCUT2D eigenvalue weighted by atomic mass is 79.9. The number of halogens is 2. The Bertz CT molecular complexity index is 892.